The topological polar surface area (TPSA) is 44.8 Å². The van der Waals surface area contributed by atoms with Gasteiger partial charge in [0.15, 0.2) is 16.6 Å². The molecule has 2 atom stereocenters. The largest absolute Gasteiger partial charge is 0.462 e. The molecule has 0 unspecified atom stereocenters. The molecule has 0 aliphatic heterocycles. The molecule has 0 amide bonds. The van der Waals surface area contributed by atoms with E-state index in [0.717, 1.165) is 24.0 Å². The lowest BCUT2D eigenvalue weighted by Crippen LogP contribution is -2.49. The number of esters is 1. The van der Waals surface area contributed by atoms with Gasteiger partial charge in [0.1, 0.15) is 6.61 Å². The van der Waals surface area contributed by atoms with Crippen LogP contribution >= 0.6 is 0 Å². The van der Waals surface area contributed by atoms with Crippen LogP contribution in [-0.2, 0) is 18.4 Å². The summed E-state index contributed by atoms with van der Waals surface area (Å²) in [6.45, 7) is 28.8. The van der Waals surface area contributed by atoms with Crippen molar-refractivity contribution in [3.05, 3.63) is 23.8 Å². The van der Waals surface area contributed by atoms with Crippen molar-refractivity contribution in [1.29, 1.82) is 0 Å². The fourth-order valence-corrected chi connectivity index (χ4v) is 5.53. The van der Waals surface area contributed by atoms with Crippen molar-refractivity contribution in [3.8, 4) is 0 Å². The highest BCUT2D eigenvalue weighted by molar-refractivity contribution is 6.74. The summed E-state index contributed by atoms with van der Waals surface area (Å²) < 4.78 is 18.7. The highest BCUT2D eigenvalue weighted by Crippen LogP contribution is 2.43. The van der Waals surface area contributed by atoms with Gasteiger partial charge in [-0.05, 0) is 59.9 Å². The van der Waals surface area contributed by atoms with E-state index in [2.05, 4.69) is 74.3 Å². The SMILES string of the molecule is C=C1C(=CCOC(C)=O)C[C@@H](O[Si](C)(C)C(C)(C)C)C[C@H]1O[Si](C)(C)C(C)(C)C. The second-order valence-corrected chi connectivity index (χ2v) is 20.9. The van der Waals surface area contributed by atoms with Crippen molar-refractivity contribution in [1.82, 2.24) is 0 Å². The van der Waals surface area contributed by atoms with E-state index in [1.807, 2.05) is 6.08 Å². The standard InChI is InChI=1S/C23H44O4Si2/c1-17-19(13-14-25-18(2)24)15-20(26-28(9,10)22(3,4)5)16-21(17)27-29(11,12)23(6,7)8/h13,20-21H,1,14-16H2,2-12H3/t20-,21-/m1/s1. The Morgan fingerprint density at radius 1 is 1.03 bits per heavy atom. The summed E-state index contributed by atoms with van der Waals surface area (Å²) in [5.41, 5.74) is 2.11. The van der Waals surface area contributed by atoms with Crippen molar-refractivity contribution in [2.24, 2.45) is 0 Å². The second-order valence-electron chi connectivity index (χ2n) is 11.4. The third kappa shape index (κ3) is 7.19. The molecule has 1 saturated carbocycles. The maximum absolute atomic E-state index is 11.2. The van der Waals surface area contributed by atoms with E-state index in [4.69, 9.17) is 13.6 Å². The summed E-state index contributed by atoms with van der Waals surface area (Å²) in [7, 11) is -3.86. The number of carbonyl (C=O) groups is 1. The summed E-state index contributed by atoms with van der Waals surface area (Å²) in [6.07, 6.45) is 3.65. The van der Waals surface area contributed by atoms with Crippen LogP contribution in [0.5, 0.6) is 0 Å². The van der Waals surface area contributed by atoms with Gasteiger partial charge in [0.05, 0.1) is 12.2 Å². The first-order chi connectivity index (χ1) is 12.9. The predicted octanol–water partition coefficient (Wildman–Crippen LogP) is 6.61. The molecule has 6 heteroatoms. The molecule has 0 saturated heterocycles. The molecule has 0 aromatic rings. The molecule has 0 radical (unpaired) electrons. The summed E-state index contributed by atoms with van der Waals surface area (Å²) in [4.78, 5) is 11.2. The van der Waals surface area contributed by atoms with Crippen LogP contribution in [-0.4, -0.2) is 41.4 Å². The molecule has 29 heavy (non-hydrogen) atoms. The van der Waals surface area contributed by atoms with Crippen LogP contribution in [0.4, 0.5) is 0 Å². The Balaban J connectivity index is 3.14. The predicted molar refractivity (Wildman–Crippen MR) is 127 cm³/mol. The Bertz CT molecular complexity index is 636. The van der Waals surface area contributed by atoms with Crippen molar-refractivity contribution in [2.75, 3.05) is 6.61 Å². The number of carbonyl (C=O) groups excluding carboxylic acids is 1. The van der Waals surface area contributed by atoms with E-state index in [1.165, 1.54) is 6.92 Å². The molecule has 1 aliphatic carbocycles. The quantitative estimate of drug-likeness (QED) is 0.344. The van der Waals surface area contributed by atoms with Crippen LogP contribution in [0.25, 0.3) is 0 Å². The summed E-state index contributed by atoms with van der Waals surface area (Å²) >= 11 is 0. The van der Waals surface area contributed by atoms with E-state index < -0.39 is 16.6 Å². The second kappa shape index (κ2) is 9.20. The molecule has 0 aromatic carbocycles. The lowest BCUT2D eigenvalue weighted by Gasteiger charge is -2.45. The first kappa shape index (κ1) is 26.3. The van der Waals surface area contributed by atoms with Gasteiger partial charge in [-0.2, -0.15) is 0 Å². The molecular weight excluding hydrogens is 396 g/mol. The van der Waals surface area contributed by atoms with Crippen LogP contribution in [0.2, 0.25) is 36.3 Å². The lowest BCUT2D eigenvalue weighted by molar-refractivity contribution is -0.139. The van der Waals surface area contributed by atoms with E-state index >= 15 is 0 Å². The number of ether oxygens (including phenoxy) is 1. The molecule has 0 aromatic heterocycles. The van der Waals surface area contributed by atoms with Crippen molar-refractivity contribution in [3.63, 3.8) is 0 Å². The molecule has 1 fully saturated rings. The molecule has 0 spiro atoms. The smallest absolute Gasteiger partial charge is 0.302 e. The maximum Gasteiger partial charge on any atom is 0.302 e. The molecule has 0 heterocycles. The van der Waals surface area contributed by atoms with E-state index in [0.29, 0.717) is 0 Å². The summed E-state index contributed by atoms with van der Waals surface area (Å²) in [5.74, 6) is -0.272. The van der Waals surface area contributed by atoms with Gasteiger partial charge in [0, 0.05) is 13.3 Å². The minimum Gasteiger partial charge on any atom is -0.462 e. The lowest BCUT2D eigenvalue weighted by atomic mass is 9.86. The Hall–Kier alpha value is -0.696. The van der Waals surface area contributed by atoms with E-state index in [-0.39, 0.29) is 34.9 Å². The minimum atomic E-state index is -1.96. The third-order valence-corrected chi connectivity index (χ3v) is 15.9. The van der Waals surface area contributed by atoms with E-state index in [1.54, 1.807) is 0 Å². The van der Waals surface area contributed by atoms with Gasteiger partial charge in [0.2, 0.25) is 0 Å². The van der Waals surface area contributed by atoms with Crippen LogP contribution in [0, 0.1) is 0 Å². The van der Waals surface area contributed by atoms with Gasteiger partial charge < -0.3 is 13.6 Å². The first-order valence-corrected chi connectivity index (χ1v) is 16.6. The number of hydrogen-bond donors (Lipinski definition) is 0. The maximum atomic E-state index is 11.2. The third-order valence-electron chi connectivity index (χ3n) is 6.85. The van der Waals surface area contributed by atoms with Crippen molar-refractivity contribution in [2.45, 2.75) is 110 Å². The molecular formula is C23H44O4Si2. The van der Waals surface area contributed by atoms with Crippen molar-refractivity contribution >= 4 is 22.6 Å². The zero-order valence-corrected chi connectivity index (χ0v) is 22.7. The number of hydrogen-bond acceptors (Lipinski definition) is 4. The molecule has 0 N–H and O–H groups in total. The minimum absolute atomic E-state index is 0.0528. The summed E-state index contributed by atoms with van der Waals surface area (Å²) in [6, 6.07) is 0. The van der Waals surface area contributed by atoms with Gasteiger partial charge in [0.25, 0.3) is 0 Å². The Morgan fingerprint density at radius 3 is 1.97 bits per heavy atom. The monoisotopic (exact) mass is 440 g/mol. The van der Waals surface area contributed by atoms with Crippen LogP contribution in [0.3, 0.4) is 0 Å². The average Bonchev–Trinajstić information content (AvgIpc) is 2.48. The fraction of sp³-hybridized carbons (Fsp3) is 0.783. The first-order valence-electron chi connectivity index (χ1n) is 10.7. The van der Waals surface area contributed by atoms with Crippen molar-refractivity contribution < 1.29 is 18.4 Å². The van der Waals surface area contributed by atoms with Crippen LogP contribution < -0.4 is 0 Å². The highest BCUT2D eigenvalue weighted by Gasteiger charge is 2.44. The molecule has 0 bridgehead atoms. The average molecular weight is 441 g/mol. The zero-order valence-electron chi connectivity index (χ0n) is 20.7. The summed E-state index contributed by atoms with van der Waals surface area (Å²) in [5, 5.41) is 0.279. The Kier molecular flexibility index (Phi) is 8.36. The fourth-order valence-electron chi connectivity index (χ4n) is 2.86. The Morgan fingerprint density at radius 2 is 1.52 bits per heavy atom. The van der Waals surface area contributed by atoms with Gasteiger partial charge in [-0.15, -0.1) is 0 Å². The normalized spacial score (nSPS) is 23.4. The highest BCUT2D eigenvalue weighted by atomic mass is 28.4. The molecule has 1 aliphatic rings. The molecule has 4 nitrogen and oxygen atoms in total. The molecule has 168 valence electrons. The zero-order chi connectivity index (χ0) is 22.8. The van der Waals surface area contributed by atoms with Gasteiger partial charge in [-0.25, -0.2) is 0 Å². The van der Waals surface area contributed by atoms with Gasteiger partial charge in [-0.1, -0.05) is 48.1 Å². The number of rotatable bonds is 6. The van der Waals surface area contributed by atoms with Crippen LogP contribution in [0.1, 0.15) is 61.3 Å². The van der Waals surface area contributed by atoms with Gasteiger partial charge >= 0.3 is 5.97 Å². The van der Waals surface area contributed by atoms with Crippen LogP contribution in [0.15, 0.2) is 23.8 Å². The molecule has 1 rings (SSSR count). The van der Waals surface area contributed by atoms with E-state index in [9.17, 15) is 4.79 Å². The van der Waals surface area contributed by atoms with Gasteiger partial charge in [-0.3, -0.25) is 4.79 Å². The Labute approximate surface area is 181 Å².